The molecule has 43 heavy (non-hydrogen) atoms. The molecular formula is C31H41FN4O6S. The maximum atomic E-state index is 13.7. The first-order valence-electron chi connectivity index (χ1n) is 14.2. The minimum Gasteiger partial charge on any atom is -0.453 e. The summed E-state index contributed by atoms with van der Waals surface area (Å²) in [6, 6.07) is 15.4. The third-order valence-corrected chi connectivity index (χ3v) is 8.96. The smallest absolute Gasteiger partial charge is 0.407 e. The zero-order valence-electron chi connectivity index (χ0n) is 24.8. The van der Waals surface area contributed by atoms with E-state index in [1.54, 1.807) is 0 Å². The number of hydrogen-bond donors (Lipinski definition) is 4. The molecule has 234 valence electrons. The normalized spacial score (nSPS) is 13.2. The van der Waals surface area contributed by atoms with Gasteiger partial charge in [-0.3, -0.25) is 4.79 Å². The Morgan fingerprint density at radius 2 is 1.77 bits per heavy atom. The van der Waals surface area contributed by atoms with Crippen molar-refractivity contribution in [1.82, 2.24) is 14.9 Å². The number of rotatable bonds is 15. The van der Waals surface area contributed by atoms with E-state index in [4.69, 9.17) is 10.5 Å². The van der Waals surface area contributed by atoms with E-state index in [0.717, 1.165) is 34.5 Å². The minimum absolute atomic E-state index is 0.0391. The van der Waals surface area contributed by atoms with Crippen LogP contribution in [0, 0.1) is 11.7 Å². The number of nitrogen functional groups attached to an aromatic ring is 1. The summed E-state index contributed by atoms with van der Waals surface area (Å²) in [5, 5.41) is 17.7. The highest BCUT2D eigenvalue weighted by atomic mass is 32.2. The number of hydrogen-bond acceptors (Lipinski definition) is 7. The Bertz CT molecular complexity index is 1500. The third-order valence-electron chi connectivity index (χ3n) is 7.05. The van der Waals surface area contributed by atoms with Crippen molar-refractivity contribution >= 4 is 38.5 Å². The molecule has 10 nitrogen and oxygen atoms in total. The molecule has 2 amide bonds. The van der Waals surface area contributed by atoms with Gasteiger partial charge >= 0.3 is 6.09 Å². The summed E-state index contributed by atoms with van der Waals surface area (Å²) in [5.74, 6) is -1.13. The Kier molecular flexibility index (Phi) is 12.3. The summed E-state index contributed by atoms with van der Waals surface area (Å²) in [5.41, 5.74) is 6.21. The molecule has 0 aromatic heterocycles. The fourth-order valence-corrected chi connectivity index (χ4v) is 6.64. The van der Waals surface area contributed by atoms with E-state index >= 15 is 0 Å². The number of halogens is 1. The molecule has 0 bridgehead atoms. The molecule has 2 atom stereocenters. The lowest BCUT2D eigenvalue weighted by molar-refractivity contribution is -0.123. The van der Waals surface area contributed by atoms with E-state index in [1.165, 1.54) is 11.4 Å². The maximum absolute atomic E-state index is 13.7. The van der Waals surface area contributed by atoms with Crippen LogP contribution in [-0.4, -0.2) is 68.7 Å². The van der Waals surface area contributed by atoms with Crippen molar-refractivity contribution in [3.05, 3.63) is 72.0 Å². The number of anilines is 1. The number of nitrogens with one attached hydrogen (secondary N) is 2. The van der Waals surface area contributed by atoms with Crippen molar-refractivity contribution in [2.45, 2.75) is 56.5 Å². The molecule has 0 spiro atoms. The second-order valence-corrected chi connectivity index (χ2v) is 12.7. The van der Waals surface area contributed by atoms with Crippen LogP contribution in [0.2, 0.25) is 0 Å². The van der Waals surface area contributed by atoms with Crippen molar-refractivity contribution in [2.24, 2.45) is 5.92 Å². The highest BCUT2D eigenvalue weighted by Crippen LogP contribution is 2.25. The highest BCUT2D eigenvalue weighted by molar-refractivity contribution is 7.89. The van der Waals surface area contributed by atoms with Crippen LogP contribution in [0.5, 0.6) is 0 Å². The predicted octanol–water partition coefficient (Wildman–Crippen LogP) is 3.82. The van der Waals surface area contributed by atoms with Crippen LogP contribution in [0.3, 0.4) is 0 Å². The van der Waals surface area contributed by atoms with E-state index in [2.05, 4.69) is 10.6 Å². The first kappa shape index (κ1) is 33.8. The summed E-state index contributed by atoms with van der Waals surface area (Å²) in [7, 11) is -2.84. The topological polar surface area (TPSA) is 151 Å². The van der Waals surface area contributed by atoms with Gasteiger partial charge in [0.25, 0.3) is 0 Å². The van der Waals surface area contributed by atoms with Gasteiger partial charge in [-0.2, -0.15) is 4.31 Å². The number of aliphatic hydroxyl groups is 1. The van der Waals surface area contributed by atoms with E-state index in [1.807, 2.05) is 56.3 Å². The standard InChI is InChI=1S/C31H41FN4O6S/c1-21(2)19-36(43(40,41)26-13-14-27(32)28(33)18-26)25(20-37)10-6-7-15-34-30(38)29(35-31(39)42-3)17-22-11-12-23-8-4-5-9-24(23)16-22/h4-5,8-9,11-14,16,18,21,25,29,37H,6-7,10,15,17,19-20,33H2,1-3H3,(H,34,38)(H,35,39). The summed E-state index contributed by atoms with van der Waals surface area (Å²) in [4.78, 5) is 24.9. The number of benzene rings is 3. The summed E-state index contributed by atoms with van der Waals surface area (Å²) >= 11 is 0. The number of amides is 2. The number of unbranched alkanes of at least 4 members (excludes halogenated alkanes) is 1. The molecule has 0 fully saturated rings. The molecule has 0 aliphatic rings. The Hall–Kier alpha value is -3.74. The summed E-state index contributed by atoms with van der Waals surface area (Å²) in [6.45, 7) is 3.74. The molecular weight excluding hydrogens is 575 g/mol. The molecule has 12 heteroatoms. The number of fused-ring (bicyclic) bond motifs is 1. The number of nitrogens with two attached hydrogens (primary N) is 1. The van der Waals surface area contributed by atoms with Gasteiger partial charge in [0, 0.05) is 25.6 Å². The Balaban J connectivity index is 1.61. The molecule has 0 aliphatic carbocycles. The van der Waals surface area contributed by atoms with Crippen molar-refractivity contribution < 1.29 is 32.2 Å². The molecule has 3 aromatic carbocycles. The van der Waals surface area contributed by atoms with Gasteiger partial charge in [0.1, 0.15) is 11.9 Å². The Morgan fingerprint density at radius 1 is 1.05 bits per heavy atom. The van der Waals surface area contributed by atoms with Gasteiger partial charge < -0.3 is 26.2 Å². The molecule has 0 saturated carbocycles. The van der Waals surface area contributed by atoms with E-state index in [-0.39, 0.29) is 41.9 Å². The first-order chi connectivity index (χ1) is 20.5. The fourth-order valence-electron chi connectivity index (χ4n) is 4.80. The molecule has 5 N–H and O–H groups in total. The van der Waals surface area contributed by atoms with Gasteiger partial charge in [-0.1, -0.05) is 62.7 Å². The predicted molar refractivity (Wildman–Crippen MR) is 164 cm³/mol. The maximum Gasteiger partial charge on any atom is 0.407 e. The van der Waals surface area contributed by atoms with Crippen LogP contribution in [0.15, 0.2) is 65.6 Å². The number of nitrogens with zero attached hydrogens (tertiary/aromatic N) is 1. The van der Waals surface area contributed by atoms with Gasteiger partial charge in [-0.25, -0.2) is 17.6 Å². The average Bonchev–Trinajstić information content (AvgIpc) is 2.98. The number of sulfonamides is 1. The molecule has 0 saturated heterocycles. The van der Waals surface area contributed by atoms with Gasteiger partial charge in [-0.05, 0) is 53.3 Å². The monoisotopic (exact) mass is 616 g/mol. The number of aliphatic hydroxyl groups excluding tert-OH is 1. The van der Waals surface area contributed by atoms with Crippen LogP contribution in [0.4, 0.5) is 14.9 Å². The van der Waals surface area contributed by atoms with E-state index in [9.17, 15) is 27.5 Å². The van der Waals surface area contributed by atoms with Crippen molar-refractivity contribution in [3.8, 4) is 0 Å². The number of carbonyl (C=O) groups is 2. The lowest BCUT2D eigenvalue weighted by Crippen LogP contribution is -2.48. The second-order valence-electron chi connectivity index (χ2n) is 10.8. The van der Waals surface area contributed by atoms with Crippen LogP contribution in [0.1, 0.15) is 38.7 Å². The van der Waals surface area contributed by atoms with E-state index < -0.39 is 40.6 Å². The number of carbonyl (C=O) groups excluding carboxylic acids is 2. The molecule has 3 rings (SSSR count). The van der Waals surface area contributed by atoms with Crippen LogP contribution >= 0.6 is 0 Å². The van der Waals surface area contributed by atoms with E-state index in [0.29, 0.717) is 19.3 Å². The lowest BCUT2D eigenvalue weighted by atomic mass is 10.0. The Labute approximate surface area is 252 Å². The molecule has 3 aromatic rings. The minimum atomic E-state index is -4.07. The number of alkyl carbamates (subject to hydrolysis) is 1. The summed E-state index contributed by atoms with van der Waals surface area (Å²) in [6.07, 6.45) is 0.869. The number of methoxy groups -OCH3 is 1. The average molecular weight is 617 g/mol. The number of ether oxygens (including phenoxy) is 1. The van der Waals surface area contributed by atoms with Crippen molar-refractivity contribution in [2.75, 3.05) is 32.5 Å². The zero-order valence-corrected chi connectivity index (χ0v) is 25.6. The first-order valence-corrected chi connectivity index (χ1v) is 15.7. The SMILES string of the molecule is COC(=O)NC(Cc1ccc2ccccc2c1)C(=O)NCCCCC(CO)N(CC(C)C)S(=O)(=O)c1ccc(F)c(N)c1. The lowest BCUT2D eigenvalue weighted by Gasteiger charge is -2.31. The summed E-state index contributed by atoms with van der Waals surface area (Å²) < 4.78 is 46.5. The third kappa shape index (κ3) is 9.37. The van der Waals surface area contributed by atoms with Gasteiger partial charge in [-0.15, -0.1) is 0 Å². The second kappa shape index (κ2) is 15.6. The Morgan fingerprint density at radius 3 is 2.42 bits per heavy atom. The van der Waals surface area contributed by atoms with Crippen LogP contribution in [-0.2, 0) is 26.0 Å². The van der Waals surface area contributed by atoms with Crippen molar-refractivity contribution in [3.63, 3.8) is 0 Å². The van der Waals surface area contributed by atoms with Crippen LogP contribution < -0.4 is 16.4 Å². The quantitative estimate of drug-likeness (QED) is 0.150. The molecule has 0 aliphatic heterocycles. The van der Waals surface area contributed by atoms with Gasteiger partial charge in [0.15, 0.2) is 0 Å². The molecule has 0 heterocycles. The fraction of sp³-hybridized carbons (Fsp3) is 0.419. The molecule has 0 radical (unpaired) electrons. The molecule has 2 unspecified atom stereocenters. The van der Waals surface area contributed by atoms with Crippen LogP contribution in [0.25, 0.3) is 10.8 Å². The van der Waals surface area contributed by atoms with Gasteiger partial charge in [0.2, 0.25) is 15.9 Å². The van der Waals surface area contributed by atoms with Crippen molar-refractivity contribution in [1.29, 1.82) is 0 Å². The van der Waals surface area contributed by atoms with Gasteiger partial charge in [0.05, 0.1) is 24.3 Å². The zero-order chi connectivity index (χ0) is 31.6. The largest absolute Gasteiger partial charge is 0.453 e. The highest BCUT2D eigenvalue weighted by Gasteiger charge is 2.32.